The van der Waals surface area contributed by atoms with E-state index < -0.39 is 5.97 Å². The second kappa shape index (κ2) is 7.20. The van der Waals surface area contributed by atoms with Crippen LogP contribution in [-0.4, -0.2) is 41.6 Å². The third-order valence-corrected chi connectivity index (χ3v) is 2.38. The van der Waals surface area contributed by atoms with Crippen molar-refractivity contribution >= 4 is 11.9 Å². The second-order valence-electron chi connectivity index (χ2n) is 4.06. The first-order valence-electron chi connectivity index (χ1n) is 5.83. The molecule has 1 N–H and O–H groups in total. The standard InChI is InChI=1S/C14H17NO4/c1-3-7-15(9-14(17)18)13(16)10-19-12-6-4-5-11(2)8-12/h3-6,8H,1,7,9-10H2,2H3,(H,17,18). The smallest absolute Gasteiger partial charge is 0.323 e. The molecule has 0 saturated carbocycles. The van der Waals surface area contributed by atoms with Crippen molar-refractivity contribution in [1.82, 2.24) is 4.90 Å². The molecule has 0 bridgehead atoms. The molecule has 0 radical (unpaired) electrons. The van der Waals surface area contributed by atoms with Crippen molar-refractivity contribution in [2.45, 2.75) is 6.92 Å². The Labute approximate surface area is 112 Å². The molecule has 0 atom stereocenters. The van der Waals surface area contributed by atoms with Gasteiger partial charge in [-0.25, -0.2) is 0 Å². The van der Waals surface area contributed by atoms with Crippen molar-refractivity contribution in [3.8, 4) is 5.75 Å². The minimum Gasteiger partial charge on any atom is -0.484 e. The van der Waals surface area contributed by atoms with Crippen LogP contribution in [0.2, 0.25) is 0 Å². The Morgan fingerprint density at radius 1 is 1.47 bits per heavy atom. The van der Waals surface area contributed by atoms with Crippen molar-refractivity contribution in [3.05, 3.63) is 42.5 Å². The van der Waals surface area contributed by atoms with Gasteiger partial charge >= 0.3 is 5.97 Å². The predicted octanol–water partition coefficient (Wildman–Crippen LogP) is 1.47. The monoisotopic (exact) mass is 263 g/mol. The van der Waals surface area contributed by atoms with Crippen LogP contribution in [0.25, 0.3) is 0 Å². The number of rotatable bonds is 7. The van der Waals surface area contributed by atoms with Gasteiger partial charge in [0.25, 0.3) is 5.91 Å². The summed E-state index contributed by atoms with van der Waals surface area (Å²) in [7, 11) is 0. The highest BCUT2D eigenvalue weighted by Crippen LogP contribution is 2.12. The number of nitrogens with zero attached hydrogens (tertiary/aromatic N) is 1. The van der Waals surface area contributed by atoms with Gasteiger partial charge in [0.2, 0.25) is 0 Å². The van der Waals surface area contributed by atoms with Gasteiger partial charge < -0.3 is 14.7 Å². The third-order valence-electron chi connectivity index (χ3n) is 2.38. The zero-order valence-corrected chi connectivity index (χ0v) is 10.8. The van der Waals surface area contributed by atoms with Gasteiger partial charge in [-0.1, -0.05) is 18.2 Å². The molecule has 19 heavy (non-hydrogen) atoms. The number of aliphatic carboxylic acids is 1. The van der Waals surface area contributed by atoms with E-state index in [9.17, 15) is 9.59 Å². The number of carbonyl (C=O) groups is 2. The maximum absolute atomic E-state index is 11.8. The molecule has 0 fully saturated rings. The minimum atomic E-state index is -1.06. The van der Waals surface area contributed by atoms with Crippen LogP contribution in [0.1, 0.15) is 5.56 Å². The fraction of sp³-hybridized carbons (Fsp3) is 0.286. The molecule has 5 nitrogen and oxygen atoms in total. The van der Waals surface area contributed by atoms with E-state index in [0.29, 0.717) is 5.75 Å². The first-order chi connectivity index (χ1) is 9.02. The molecule has 1 aromatic carbocycles. The quantitative estimate of drug-likeness (QED) is 0.756. The molecule has 0 aromatic heterocycles. The highest BCUT2D eigenvalue weighted by Gasteiger charge is 2.15. The van der Waals surface area contributed by atoms with Crippen molar-refractivity contribution in [3.63, 3.8) is 0 Å². The number of amides is 1. The van der Waals surface area contributed by atoms with Gasteiger partial charge in [0.05, 0.1) is 0 Å². The first-order valence-corrected chi connectivity index (χ1v) is 5.83. The summed E-state index contributed by atoms with van der Waals surface area (Å²) in [5.74, 6) is -0.864. The summed E-state index contributed by atoms with van der Waals surface area (Å²) in [5.41, 5.74) is 1.03. The molecule has 0 saturated heterocycles. The molecule has 5 heteroatoms. The van der Waals surface area contributed by atoms with Crippen molar-refractivity contribution < 1.29 is 19.4 Å². The maximum atomic E-state index is 11.8. The van der Waals surface area contributed by atoms with Gasteiger partial charge in [-0.2, -0.15) is 0 Å². The Hall–Kier alpha value is -2.30. The lowest BCUT2D eigenvalue weighted by molar-refractivity contribution is -0.144. The zero-order valence-electron chi connectivity index (χ0n) is 10.8. The van der Waals surface area contributed by atoms with E-state index in [1.165, 1.54) is 11.0 Å². The molecule has 0 unspecified atom stereocenters. The van der Waals surface area contributed by atoms with Crippen molar-refractivity contribution in [2.75, 3.05) is 19.7 Å². The molecular formula is C14H17NO4. The number of carboxylic acid groups (broad SMARTS) is 1. The number of ether oxygens (including phenoxy) is 1. The normalized spacial score (nSPS) is 9.74. The van der Waals surface area contributed by atoms with Crippen LogP contribution in [0.15, 0.2) is 36.9 Å². The number of carbonyl (C=O) groups excluding carboxylic acids is 1. The van der Waals surface area contributed by atoms with E-state index in [4.69, 9.17) is 9.84 Å². The topological polar surface area (TPSA) is 66.8 Å². The fourth-order valence-electron chi connectivity index (χ4n) is 1.52. The fourth-order valence-corrected chi connectivity index (χ4v) is 1.52. The number of hydrogen-bond donors (Lipinski definition) is 1. The van der Waals surface area contributed by atoms with E-state index in [0.717, 1.165) is 5.56 Å². The molecule has 1 amide bonds. The lowest BCUT2D eigenvalue weighted by Crippen LogP contribution is -2.38. The summed E-state index contributed by atoms with van der Waals surface area (Å²) >= 11 is 0. The summed E-state index contributed by atoms with van der Waals surface area (Å²) in [6.07, 6.45) is 1.48. The Morgan fingerprint density at radius 3 is 2.79 bits per heavy atom. The van der Waals surface area contributed by atoms with Crippen LogP contribution >= 0.6 is 0 Å². The van der Waals surface area contributed by atoms with Crippen LogP contribution in [-0.2, 0) is 9.59 Å². The number of benzene rings is 1. The molecule has 0 aliphatic carbocycles. The number of aryl methyl sites for hydroxylation is 1. The summed E-state index contributed by atoms with van der Waals surface area (Å²) in [5, 5.41) is 8.71. The van der Waals surface area contributed by atoms with Gasteiger partial charge in [-0.3, -0.25) is 9.59 Å². The summed E-state index contributed by atoms with van der Waals surface area (Å²) in [4.78, 5) is 23.6. The highest BCUT2D eigenvalue weighted by atomic mass is 16.5. The molecule has 0 spiro atoms. The van der Waals surface area contributed by atoms with Crippen LogP contribution in [0.5, 0.6) is 5.75 Å². The van der Waals surface area contributed by atoms with Crippen LogP contribution in [0.3, 0.4) is 0 Å². The molecule has 1 aromatic rings. The lowest BCUT2D eigenvalue weighted by Gasteiger charge is -2.19. The molecule has 0 aliphatic rings. The molecular weight excluding hydrogens is 246 g/mol. The Bertz CT molecular complexity index is 470. The Morgan fingerprint density at radius 2 is 2.21 bits per heavy atom. The summed E-state index contributed by atoms with van der Waals surface area (Å²) in [6, 6.07) is 7.30. The summed E-state index contributed by atoms with van der Waals surface area (Å²) < 4.78 is 5.34. The van der Waals surface area contributed by atoms with Gasteiger partial charge in [-0.05, 0) is 24.6 Å². The lowest BCUT2D eigenvalue weighted by atomic mass is 10.2. The van der Waals surface area contributed by atoms with E-state index >= 15 is 0 Å². The average molecular weight is 263 g/mol. The van der Waals surface area contributed by atoms with Crippen LogP contribution < -0.4 is 4.74 Å². The highest BCUT2D eigenvalue weighted by molar-refractivity contribution is 5.82. The van der Waals surface area contributed by atoms with Crippen molar-refractivity contribution in [2.24, 2.45) is 0 Å². The zero-order chi connectivity index (χ0) is 14.3. The van der Waals surface area contributed by atoms with Crippen LogP contribution in [0.4, 0.5) is 0 Å². The molecule has 102 valence electrons. The Kier molecular flexibility index (Phi) is 5.60. The predicted molar refractivity (Wildman–Crippen MR) is 71.1 cm³/mol. The van der Waals surface area contributed by atoms with E-state index in [2.05, 4.69) is 6.58 Å². The largest absolute Gasteiger partial charge is 0.484 e. The second-order valence-corrected chi connectivity index (χ2v) is 4.06. The summed E-state index contributed by atoms with van der Waals surface area (Å²) in [6.45, 7) is 5.05. The molecule has 1 rings (SSSR count). The van der Waals surface area contributed by atoms with E-state index in [-0.39, 0.29) is 25.6 Å². The van der Waals surface area contributed by atoms with E-state index in [1.54, 1.807) is 6.07 Å². The molecule has 0 aliphatic heterocycles. The first kappa shape index (κ1) is 14.8. The van der Waals surface area contributed by atoms with E-state index in [1.807, 2.05) is 25.1 Å². The maximum Gasteiger partial charge on any atom is 0.323 e. The van der Waals surface area contributed by atoms with Gasteiger partial charge in [0.15, 0.2) is 6.61 Å². The SMILES string of the molecule is C=CCN(CC(=O)O)C(=O)COc1cccc(C)c1. The number of carboxylic acids is 1. The van der Waals surface area contributed by atoms with Crippen LogP contribution in [0, 0.1) is 6.92 Å². The molecule has 0 heterocycles. The van der Waals surface area contributed by atoms with Gasteiger partial charge in [0, 0.05) is 6.54 Å². The average Bonchev–Trinajstić information content (AvgIpc) is 2.35. The van der Waals surface area contributed by atoms with Gasteiger partial charge in [0.1, 0.15) is 12.3 Å². The Balaban J connectivity index is 2.56. The third kappa shape index (κ3) is 5.25. The minimum absolute atomic E-state index is 0.183. The number of hydrogen-bond acceptors (Lipinski definition) is 3. The van der Waals surface area contributed by atoms with Gasteiger partial charge in [-0.15, -0.1) is 6.58 Å². The van der Waals surface area contributed by atoms with Crippen molar-refractivity contribution in [1.29, 1.82) is 0 Å².